The molecule has 1 aliphatic rings. The van der Waals surface area contributed by atoms with Crippen LogP contribution in [0, 0.1) is 0 Å². The maximum Gasteiger partial charge on any atom is 0.409 e. The second-order valence-electron chi connectivity index (χ2n) is 12.4. The Labute approximate surface area is 313 Å². The molecule has 7 N–H and O–H groups in total. The van der Waals surface area contributed by atoms with Gasteiger partial charge in [-0.1, -0.05) is 48.9 Å². The summed E-state index contributed by atoms with van der Waals surface area (Å²) in [5.41, 5.74) is 7.37. The monoisotopic (exact) mass is 748 g/mol. The summed E-state index contributed by atoms with van der Waals surface area (Å²) in [4.78, 5) is 101. The number of carbonyl (C=O) groups is 8. The largest absolute Gasteiger partial charge is 0.445 e. The molecule has 2 aromatic rings. The van der Waals surface area contributed by atoms with Crippen LogP contribution in [0.15, 0.2) is 66.7 Å². The van der Waals surface area contributed by atoms with E-state index in [9.17, 15) is 38.4 Å². The van der Waals surface area contributed by atoms with Crippen LogP contribution in [0.2, 0.25) is 0 Å². The van der Waals surface area contributed by atoms with Gasteiger partial charge in [-0.25, -0.2) is 4.79 Å². The van der Waals surface area contributed by atoms with Crippen molar-refractivity contribution in [3.8, 4) is 0 Å². The summed E-state index contributed by atoms with van der Waals surface area (Å²) in [7, 11) is 1.62. The van der Waals surface area contributed by atoms with Gasteiger partial charge in [0, 0.05) is 50.8 Å². The van der Waals surface area contributed by atoms with Gasteiger partial charge < -0.3 is 42.0 Å². The lowest BCUT2D eigenvalue weighted by Gasteiger charge is -2.19. The highest BCUT2D eigenvalue weighted by Gasteiger charge is 2.23. The zero-order valence-corrected chi connectivity index (χ0v) is 30.3. The molecule has 0 saturated carbocycles. The number of carbonyl (C=O) groups excluding carboxylic acids is 8. The standard InChI is InChI=1S/C37H48N8O9/c1-44(19-8-18-38)37(53)54-25-27-12-14-28(15-13-27)42-32(48)24-41-36(52)29(21-26-9-4-2-5-10-26)43-33(49)23-40-31(47)22-39-30(46)11-6-3-7-20-45-34(50)16-17-35(45)51/h2,4-5,9-10,12-17,29H,3,6-8,11,18-25,38H2,1H3,(H,39,46)(H,40,47)(H,41,52)(H,42,48)(H,43,49)/t29-/m0/s1. The lowest BCUT2D eigenvalue weighted by molar-refractivity contribution is -0.137. The van der Waals surface area contributed by atoms with Crippen molar-refractivity contribution in [3.63, 3.8) is 0 Å². The molecule has 0 aliphatic carbocycles. The molecule has 290 valence electrons. The molecule has 0 spiro atoms. The van der Waals surface area contributed by atoms with E-state index in [1.54, 1.807) is 61.6 Å². The van der Waals surface area contributed by atoms with E-state index in [0.717, 1.165) is 10.5 Å². The molecule has 2 aromatic carbocycles. The number of hydrogen-bond acceptors (Lipinski definition) is 10. The SMILES string of the molecule is CN(CCCN)C(=O)OCc1ccc(NC(=O)CNC(=O)[C@H](Cc2ccccc2)NC(=O)CNC(=O)CNC(=O)CCCCCN2C(=O)C=CC2=O)cc1. The fraction of sp³-hybridized carbons (Fsp3) is 0.405. The predicted molar refractivity (Wildman–Crippen MR) is 197 cm³/mol. The van der Waals surface area contributed by atoms with E-state index < -0.39 is 42.3 Å². The van der Waals surface area contributed by atoms with Gasteiger partial charge in [0.25, 0.3) is 11.8 Å². The Balaban J connectivity index is 1.38. The predicted octanol–water partition coefficient (Wildman–Crippen LogP) is 0.104. The van der Waals surface area contributed by atoms with Crippen LogP contribution >= 0.6 is 0 Å². The third-order valence-electron chi connectivity index (χ3n) is 8.05. The molecule has 17 nitrogen and oxygen atoms in total. The first-order valence-corrected chi connectivity index (χ1v) is 17.6. The van der Waals surface area contributed by atoms with Crippen LogP contribution in [-0.4, -0.2) is 110 Å². The van der Waals surface area contributed by atoms with Crippen molar-refractivity contribution in [3.05, 3.63) is 77.9 Å². The minimum absolute atomic E-state index is 0.0426. The number of rotatable bonds is 22. The Morgan fingerprint density at radius 2 is 1.39 bits per heavy atom. The second-order valence-corrected chi connectivity index (χ2v) is 12.4. The highest BCUT2D eigenvalue weighted by molar-refractivity contribution is 6.12. The van der Waals surface area contributed by atoms with Gasteiger partial charge in [-0.2, -0.15) is 0 Å². The Hall–Kier alpha value is -6.10. The first-order chi connectivity index (χ1) is 25.9. The van der Waals surface area contributed by atoms with Crippen molar-refractivity contribution in [2.24, 2.45) is 5.73 Å². The first-order valence-electron chi connectivity index (χ1n) is 17.6. The van der Waals surface area contributed by atoms with Crippen LogP contribution < -0.4 is 32.3 Å². The molecule has 1 aliphatic heterocycles. The number of amides is 8. The molecule has 0 radical (unpaired) electrons. The van der Waals surface area contributed by atoms with Gasteiger partial charge in [0.2, 0.25) is 29.5 Å². The van der Waals surface area contributed by atoms with Crippen molar-refractivity contribution in [1.82, 2.24) is 31.1 Å². The van der Waals surface area contributed by atoms with E-state index in [2.05, 4.69) is 26.6 Å². The topological polar surface area (TPSA) is 238 Å². The van der Waals surface area contributed by atoms with Crippen molar-refractivity contribution < 1.29 is 43.1 Å². The number of benzene rings is 2. The molecule has 54 heavy (non-hydrogen) atoms. The number of unbranched alkanes of at least 4 members (excludes halogenated alkanes) is 2. The van der Waals surface area contributed by atoms with Gasteiger partial charge in [0.15, 0.2) is 0 Å². The first kappa shape index (κ1) is 42.3. The summed E-state index contributed by atoms with van der Waals surface area (Å²) in [6.07, 6.45) is 4.51. The van der Waals surface area contributed by atoms with Crippen LogP contribution in [0.1, 0.15) is 43.2 Å². The van der Waals surface area contributed by atoms with Gasteiger partial charge in [-0.05, 0) is 49.1 Å². The number of hydrogen-bond donors (Lipinski definition) is 6. The van der Waals surface area contributed by atoms with Gasteiger partial charge in [-0.3, -0.25) is 38.5 Å². The average molecular weight is 749 g/mol. The van der Waals surface area contributed by atoms with Crippen LogP contribution in [0.3, 0.4) is 0 Å². The van der Waals surface area contributed by atoms with Gasteiger partial charge in [0.05, 0.1) is 19.6 Å². The van der Waals surface area contributed by atoms with E-state index >= 15 is 0 Å². The summed E-state index contributed by atoms with van der Waals surface area (Å²) in [5.74, 6) is -3.48. The normalized spacial score (nSPS) is 12.4. The molecule has 1 atom stereocenters. The van der Waals surface area contributed by atoms with E-state index in [1.165, 1.54) is 17.1 Å². The molecular formula is C37H48N8O9. The molecule has 17 heteroatoms. The second kappa shape index (κ2) is 22.8. The Morgan fingerprint density at radius 3 is 2.07 bits per heavy atom. The van der Waals surface area contributed by atoms with Gasteiger partial charge in [0.1, 0.15) is 12.6 Å². The number of nitrogens with zero attached hydrogens (tertiary/aromatic N) is 2. The van der Waals surface area contributed by atoms with Gasteiger partial charge in [-0.15, -0.1) is 0 Å². The molecule has 0 saturated heterocycles. The molecule has 0 bridgehead atoms. The summed E-state index contributed by atoms with van der Waals surface area (Å²) < 4.78 is 5.28. The summed E-state index contributed by atoms with van der Waals surface area (Å²) in [6.45, 7) is 0.0512. The lowest BCUT2D eigenvalue weighted by atomic mass is 10.1. The summed E-state index contributed by atoms with van der Waals surface area (Å²) in [6, 6.07) is 14.5. The Bertz CT molecular complexity index is 1630. The van der Waals surface area contributed by atoms with Crippen molar-refractivity contribution >= 4 is 53.1 Å². The van der Waals surface area contributed by atoms with E-state index in [4.69, 9.17) is 10.5 Å². The maximum absolute atomic E-state index is 13.1. The van der Waals surface area contributed by atoms with E-state index in [1.807, 2.05) is 0 Å². The minimum Gasteiger partial charge on any atom is -0.445 e. The van der Waals surface area contributed by atoms with Crippen LogP contribution in [0.4, 0.5) is 10.5 Å². The van der Waals surface area contributed by atoms with Crippen LogP contribution in [0.5, 0.6) is 0 Å². The zero-order valence-electron chi connectivity index (χ0n) is 30.3. The minimum atomic E-state index is -1.07. The summed E-state index contributed by atoms with van der Waals surface area (Å²) >= 11 is 0. The van der Waals surface area contributed by atoms with E-state index in [0.29, 0.717) is 50.0 Å². The molecule has 1 heterocycles. The highest BCUT2D eigenvalue weighted by Crippen LogP contribution is 2.12. The number of nitrogens with two attached hydrogens (primary N) is 1. The molecule has 0 unspecified atom stereocenters. The molecular weight excluding hydrogens is 700 g/mol. The molecule has 8 amide bonds. The number of ether oxygens (including phenoxy) is 1. The van der Waals surface area contributed by atoms with Crippen molar-refractivity contribution in [2.75, 3.05) is 51.6 Å². The zero-order chi connectivity index (χ0) is 39.3. The lowest BCUT2D eigenvalue weighted by Crippen LogP contribution is -2.52. The quantitative estimate of drug-likeness (QED) is 0.0702. The number of imide groups is 1. The molecule has 3 rings (SSSR count). The van der Waals surface area contributed by atoms with Crippen LogP contribution in [-0.2, 0) is 51.3 Å². The number of anilines is 1. The van der Waals surface area contributed by atoms with Crippen molar-refractivity contribution in [2.45, 2.75) is 51.2 Å². The fourth-order valence-electron chi connectivity index (χ4n) is 5.05. The van der Waals surface area contributed by atoms with Gasteiger partial charge >= 0.3 is 6.09 Å². The molecule has 0 fully saturated rings. The van der Waals surface area contributed by atoms with Crippen LogP contribution in [0.25, 0.3) is 0 Å². The van der Waals surface area contributed by atoms with Crippen molar-refractivity contribution in [1.29, 1.82) is 0 Å². The van der Waals surface area contributed by atoms with E-state index in [-0.39, 0.29) is 56.8 Å². The third-order valence-corrected chi connectivity index (χ3v) is 8.05. The average Bonchev–Trinajstić information content (AvgIpc) is 3.49. The highest BCUT2D eigenvalue weighted by atomic mass is 16.6. The Kier molecular flexibility index (Phi) is 17.8. The molecule has 0 aromatic heterocycles. The maximum atomic E-state index is 13.1. The third kappa shape index (κ3) is 15.6. The summed E-state index contributed by atoms with van der Waals surface area (Å²) in [5, 5.41) is 12.7. The fourth-order valence-corrected chi connectivity index (χ4v) is 5.05. The Morgan fingerprint density at radius 1 is 0.741 bits per heavy atom. The smallest absolute Gasteiger partial charge is 0.409 e. The number of nitrogens with one attached hydrogen (secondary N) is 5.